The molecule has 0 aliphatic carbocycles. The van der Waals surface area contributed by atoms with Gasteiger partial charge < -0.3 is 15.1 Å². The van der Waals surface area contributed by atoms with Gasteiger partial charge in [-0.3, -0.25) is 4.79 Å². The van der Waals surface area contributed by atoms with Crippen molar-refractivity contribution in [1.82, 2.24) is 20.4 Å². The van der Waals surface area contributed by atoms with Crippen molar-refractivity contribution < 1.29 is 4.79 Å². The third kappa shape index (κ3) is 4.94. The van der Waals surface area contributed by atoms with Gasteiger partial charge in [-0.25, -0.2) is 0 Å². The molecule has 0 spiro atoms. The predicted molar refractivity (Wildman–Crippen MR) is 88.1 cm³/mol. The first-order valence-corrected chi connectivity index (χ1v) is 8.08. The fourth-order valence-corrected chi connectivity index (χ4v) is 2.54. The Bertz CT molecular complexity index is 466. The van der Waals surface area contributed by atoms with E-state index < -0.39 is 0 Å². The molecule has 1 aromatic rings. The summed E-state index contributed by atoms with van der Waals surface area (Å²) in [6.07, 6.45) is 3.31. The maximum Gasteiger partial charge on any atom is 0.271 e. The molecule has 6 heteroatoms. The molecular formula is C16H27N5O. The van der Waals surface area contributed by atoms with Crippen LogP contribution in [0.15, 0.2) is 12.1 Å². The average Bonchev–Trinajstić information content (AvgIpc) is 2.52. The van der Waals surface area contributed by atoms with Gasteiger partial charge >= 0.3 is 0 Å². The van der Waals surface area contributed by atoms with Crippen LogP contribution in [0.1, 0.15) is 36.7 Å². The minimum Gasteiger partial charge on any atom is -0.355 e. The molecule has 0 saturated carbocycles. The van der Waals surface area contributed by atoms with Crippen molar-refractivity contribution in [3.63, 3.8) is 0 Å². The highest BCUT2D eigenvalue weighted by molar-refractivity contribution is 5.92. The van der Waals surface area contributed by atoms with Crippen LogP contribution in [0.5, 0.6) is 0 Å². The number of carbonyl (C=O) groups is 1. The Morgan fingerprint density at radius 1 is 1.32 bits per heavy atom. The van der Waals surface area contributed by atoms with Gasteiger partial charge in [0.25, 0.3) is 5.91 Å². The fourth-order valence-electron chi connectivity index (χ4n) is 2.54. The van der Waals surface area contributed by atoms with Crippen molar-refractivity contribution in [2.75, 3.05) is 45.2 Å². The SMILES string of the molecule is CC1CCN(c2ccc(C(=O)NCCCN(C)C)nn2)CC1. The summed E-state index contributed by atoms with van der Waals surface area (Å²) in [4.78, 5) is 16.3. The standard InChI is InChI=1S/C16H27N5O/c1-13-7-11-21(12-8-13)15-6-5-14(18-19-15)16(22)17-9-4-10-20(2)3/h5-6,13H,4,7-12H2,1-3H3,(H,17,22). The smallest absolute Gasteiger partial charge is 0.271 e. The number of carbonyl (C=O) groups excluding carboxylic acids is 1. The lowest BCUT2D eigenvalue weighted by Crippen LogP contribution is -2.34. The second-order valence-corrected chi connectivity index (χ2v) is 6.36. The maximum atomic E-state index is 12.0. The Hall–Kier alpha value is -1.69. The lowest BCUT2D eigenvalue weighted by molar-refractivity contribution is 0.0946. The molecule has 1 saturated heterocycles. The summed E-state index contributed by atoms with van der Waals surface area (Å²) < 4.78 is 0. The first-order chi connectivity index (χ1) is 10.6. The number of nitrogens with one attached hydrogen (secondary N) is 1. The van der Waals surface area contributed by atoms with Gasteiger partial charge in [0.2, 0.25) is 0 Å². The van der Waals surface area contributed by atoms with Gasteiger partial charge in [-0.05, 0) is 58.0 Å². The molecule has 1 N–H and O–H groups in total. The quantitative estimate of drug-likeness (QED) is 0.805. The van der Waals surface area contributed by atoms with Gasteiger partial charge in [0, 0.05) is 19.6 Å². The molecule has 1 amide bonds. The summed E-state index contributed by atoms with van der Waals surface area (Å²) >= 11 is 0. The van der Waals surface area contributed by atoms with Crippen molar-refractivity contribution in [1.29, 1.82) is 0 Å². The van der Waals surface area contributed by atoms with E-state index in [4.69, 9.17) is 0 Å². The number of piperidine rings is 1. The van der Waals surface area contributed by atoms with Crippen LogP contribution in [0, 0.1) is 5.92 Å². The normalized spacial score (nSPS) is 16.1. The minimum atomic E-state index is -0.148. The van der Waals surface area contributed by atoms with Gasteiger partial charge in [0.15, 0.2) is 11.5 Å². The van der Waals surface area contributed by atoms with Crippen LogP contribution in [0.4, 0.5) is 5.82 Å². The van der Waals surface area contributed by atoms with E-state index in [-0.39, 0.29) is 5.91 Å². The number of anilines is 1. The second-order valence-electron chi connectivity index (χ2n) is 6.36. The summed E-state index contributed by atoms with van der Waals surface area (Å²) in [5.74, 6) is 1.51. The Labute approximate surface area is 132 Å². The van der Waals surface area contributed by atoms with E-state index in [0.29, 0.717) is 12.2 Å². The average molecular weight is 305 g/mol. The molecule has 0 radical (unpaired) electrons. The number of hydrogen-bond acceptors (Lipinski definition) is 5. The van der Waals surface area contributed by atoms with E-state index >= 15 is 0 Å². The third-order valence-electron chi connectivity index (χ3n) is 4.06. The molecule has 0 unspecified atom stereocenters. The predicted octanol–water partition coefficient (Wildman–Crippen LogP) is 1.39. The number of nitrogens with zero attached hydrogens (tertiary/aromatic N) is 4. The minimum absolute atomic E-state index is 0.148. The van der Waals surface area contributed by atoms with Crippen LogP contribution in [0.2, 0.25) is 0 Å². The number of aromatic nitrogens is 2. The summed E-state index contributed by atoms with van der Waals surface area (Å²) in [6.45, 7) is 5.94. The molecular weight excluding hydrogens is 278 g/mol. The van der Waals surface area contributed by atoms with Crippen LogP contribution in [0.3, 0.4) is 0 Å². The summed E-state index contributed by atoms with van der Waals surface area (Å²) in [5, 5.41) is 11.2. The second kappa shape index (κ2) is 8.08. The van der Waals surface area contributed by atoms with Crippen molar-refractivity contribution in [2.24, 2.45) is 5.92 Å². The Morgan fingerprint density at radius 2 is 2.05 bits per heavy atom. The zero-order valence-corrected chi connectivity index (χ0v) is 13.9. The maximum absolute atomic E-state index is 12.0. The Kier molecular flexibility index (Phi) is 6.12. The van der Waals surface area contributed by atoms with Gasteiger partial charge in [-0.1, -0.05) is 6.92 Å². The molecule has 1 fully saturated rings. The summed E-state index contributed by atoms with van der Waals surface area (Å²) in [6, 6.07) is 3.67. The molecule has 0 atom stereocenters. The van der Waals surface area contributed by atoms with Gasteiger partial charge in [-0.15, -0.1) is 10.2 Å². The molecule has 6 nitrogen and oxygen atoms in total. The van der Waals surface area contributed by atoms with Gasteiger partial charge in [0.1, 0.15) is 0 Å². The molecule has 2 rings (SSSR count). The van der Waals surface area contributed by atoms with Crippen molar-refractivity contribution in [3.05, 3.63) is 17.8 Å². The van der Waals surface area contributed by atoms with Crippen LogP contribution in [0.25, 0.3) is 0 Å². The molecule has 1 aliphatic heterocycles. The van der Waals surface area contributed by atoms with Crippen molar-refractivity contribution in [2.45, 2.75) is 26.2 Å². The van der Waals surface area contributed by atoms with E-state index in [1.54, 1.807) is 6.07 Å². The molecule has 0 bridgehead atoms. The van der Waals surface area contributed by atoms with Crippen molar-refractivity contribution in [3.8, 4) is 0 Å². The van der Waals surface area contributed by atoms with Gasteiger partial charge in [-0.2, -0.15) is 0 Å². The first kappa shape index (κ1) is 16.7. The van der Waals surface area contributed by atoms with Crippen LogP contribution in [-0.2, 0) is 0 Å². The van der Waals surface area contributed by atoms with Crippen LogP contribution < -0.4 is 10.2 Å². The van der Waals surface area contributed by atoms with E-state index in [9.17, 15) is 4.79 Å². The summed E-state index contributed by atoms with van der Waals surface area (Å²) in [7, 11) is 4.04. The third-order valence-corrected chi connectivity index (χ3v) is 4.06. The Balaban J connectivity index is 1.82. The molecule has 0 aromatic carbocycles. The lowest BCUT2D eigenvalue weighted by atomic mass is 9.99. The molecule has 22 heavy (non-hydrogen) atoms. The molecule has 122 valence electrons. The number of amides is 1. The van der Waals surface area contributed by atoms with E-state index in [0.717, 1.165) is 37.8 Å². The van der Waals surface area contributed by atoms with Crippen LogP contribution >= 0.6 is 0 Å². The van der Waals surface area contributed by atoms with Crippen molar-refractivity contribution >= 4 is 11.7 Å². The largest absolute Gasteiger partial charge is 0.355 e. The van der Waals surface area contributed by atoms with E-state index in [1.807, 2.05) is 20.2 Å². The number of hydrogen-bond donors (Lipinski definition) is 1. The summed E-state index contributed by atoms with van der Waals surface area (Å²) in [5.41, 5.74) is 0.388. The highest BCUT2D eigenvalue weighted by Crippen LogP contribution is 2.20. The zero-order valence-electron chi connectivity index (χ0n) is 13.9. The fraction of sp³-hybridized carbons (Fsp3) is 0.688. The highest BCUT2D eigenvalue weighted by Gasteiger charge is 2.17. The zero-order chi connectivity index (χ0) is 15.9. The lowest BCUT2D eigenvalue weighted by Gasteiger charge is -2.30. The monoisotopic (exact) mass is 305 g/mol. The molecule has 1 aliphatic rings. The van der Waals surface area contributed by atoms with Crippen LogP contribution in [-0.4, -0.2) is 61.3 Å². The van der Waals surface area contributed by atoms with Gasteiger partial charge in [0.05, 0.1) is 0 Å². The molecule has 1 aromatic heterocycles. The highest BCUT2D eigenvalue weighted by atomic mass is 16.1. The molecule has 2 heterocycles. The first-order valence-electron chi connectivity index (χ1n) is 8.08. The Morgan fingerprint density at radius 3 is 2.64 bits per heavy atom. The topological polar surface area (TPSA) is 61.4 Å². The number of rotatable bonds is 6. The van der Waals surface area contributed by atoms with E-state index in [2.05, 4.69) is 32.2 Å². The van der Waals surface area contributed by atoms with E-state index in [1.165, 1.54) is 12.8 Å².